The molecule has 1 atom stereocenters. The van der Waals surface area contributed by atoms with Gasteiger partial charge in [0.05, 0.1) is 0 Å². The van der Waals surface area contributed by atoms with Crippen LogP contribution < -0.4 is 11.1 Å². The summed E-state index contributed by atoms with van der Waals surface area (Å²) in [6.07, 6.45) is 2.36. The van der Waals surface area contributed by atoms with E-state index in [2.05, 4.69) is 5.32 Å². The molecule has 0 aliphatic carbocycles. The zero-order valence-electron chi connectivity index (χ0n) is 13.0. The van der Waals surface area contributed by atoms with Crippen molar-refractivity contribution in [1.82, 2.24) is 10.2 Å². The molecule has 0 saturated carbocycles. The van der Waals surface area contributed by atoms with Crippen LogP contribution in [0.4, 0.5) is 4.79 Å². The minimum atomic E-state index is -0.454. The Balaban J connectivity index is 1.61. The summed E-state index contributed by atoms with van der Waals surface area (Å²) in [5.41, 5.74) is 6.44. The van der Waals surface area contributed by atoms with Crippen molar-refractivity contribution in [3.05, 3.63) is 34.9 Å². The number of nitrogens with one attached hydrogen (secondary N) is 1. The van der Waals surface area contributed by atoms with Gasteiger partial charge in [-0.15, -0.1) is 0 Å². The minimum absolute atomic E-state index is 0.192. The molecule has 0 radical (unpaired) electrons. The van der Waals surface area contributed by atoms with E-state index in [1.54, 1.807) is 16.7 Å². The fourth-order valence-corrected chi connectivity index (χ4v) is 3.82. The number of amides is 3. The van der Waals surface area contributed by atoms with E-state index in [0.717, 1.165) is 34.9 Å². The van der Waals surface area contributed by atoms with E-state index in [-0.39, 0.29) is 6.03 Å². The lowest BCUT2D eigenvalue weighted by atomic mass is 10.2. The summed E-state index contributed by atoms with van der Waals surface area (Å²) >= 11 is 7.89. The van der Waals surface area contributed by atoms with Gasteiger partial charge < -0.3 is 16.0 Å². The predicted octanol–water partition coefficient (Wildman–Crippen LogP) is 2.62. The standard InChI is InChI=1S/C16H22ClN3O2S/c17-13-6-2-1-5-12(13)11-23-10-4-8-19-16(22)20-9-3-7-14(20)15(18)21/h1-2,5-6,14H,3-4,7-11H2,(H2,18,21)(H,19,22)/t14-/m0/s1. The minimum Gasteiger partial charge on any atom is -0.368 e. The summed E-state index contributed by atoms with van der Waals surface area (Å²) in [5.74, 6) is 1.38. The molecule has 1 fully saturated rings. The van der Waals surface area contributed by atoms with E-state index in [4.69, 9.17) is 17.3 Å². The van der Waals surface area contributed by atoms with Crippen molar-refractivity contribution in [2.45, 2.75) is 31.1 Å². The Labute approximate surface area is 145 Å². The Kier molecular flexibility index (Phi) is 7.05. The number of nitrogens with zero attached hydrogens (tertiary/aromatic N) is 1. The molecule has 0 unspecified atom stereocenters. The van der Waals surface area contributed by atoms with Gasteiger partial charge in [0.1, 0.15) is 6.04 Å². The number of primary amides is 1. The average molecular weight is 356 g/mol. The van der Waals surface area contributed by atoms with E-state index in [1.807, 2.05) is 24.3 Å². The largest absolute Gasteiger partial charge is 0.368 e. The van der Waals surface area contributed by atoms with E-state index in [1.165, 1.54) is 0 Å². The Hall–Kier alpha value is -1.40. The van der Waals surface area contributed by atoms with Crippen LogP contribution >= 0.6 is 23.4 Å². The Bertz CT molecular complexity index is 556. The molecule has 5 nitrogen and oxygen atoms in total. The number of hydrogen-bond donors (Lipinski definition) is 2. The van der Waals surface area contributed by atoms with Crippen LogP contribution in [0, 0.1) is 0 Å². The van der Waals surface area contributed by atoms with Crippen LogP contribution in [0.2, 0.25) is 5.02 Å². The van der Waals surface area contributed by atoms with Crippen LogP contribution in [-0.2, 0) is 10.5 Å². The van der Waals surface area contributed by atoms with Gasteiger partial charge in [-0.25, -0.2) is 4.79 Å². The molecule has 2 rings (SSSR count). The van der Waals surface area contributed by atoms with Crippen LogP contribution in [-0.4, -0.2) is 41.7 Å². The third-order valence-electron chi connectivity index (χ3n) is 3.80. The van der Waals surface area contributed by atoms with Crippen molar-refractivity contribution < 1.29 is 9.59 Å². The average Bonchev–Trinajstić information content (AvgIpc) is 3.02. The molecule has 0 spiro atoms. The first-order chi connectivity index (χ1) is 11.1. The fourth-order valence-electron chi connectivity index (χ4n) is 2.57. The van der Waals surface area contributed by atoms with Gasteiger partial charge in [-0.1, -0.05) is 29.8 Å². The maximum atomic E-state index is 12.0. The second kappa shape index (κ2) is 9.03. The highest BCUT2D eigenvalue weighted by Crippen LogP contribution is 2.21. The normalized spacial score (nSPS) is 17.3. The summed E-state index contributed by atoms with van der Waals surface area (Å²) in [4.78, 5) is 24.9. The number of halogens is 1. The first kappa shape index (κ1) is 17.9. The van der Waals surface area contributed by atoms with Gasteiger partial charge in [-0.2, -0.15) is 11.8 Å². The zero-order chi connectivity index (χ0) is 16.7. The zero-order valence-corrected chi connectivity index (χ0v) is 14.5. The summed E-state index contributed by atoms with van der Waals surface area (Å²) in [6.45, 7) is 1.19. The Morgan fingerprint density at radius 3 is 2.91 bits per heavy atom. The smallest absolute Gasteiger partial charge is 0.318 e. The third kappa shape index (κ3) is 5.32. The fraction of sp³-hybridized carbons (Fsp3) is 0.500. The second-order valence-corrected chi connectivity index (χ2v) is 7.00. The molecule has 1 aromatic rings. The first-order valence-corrected chi connectivity index (χ1v) is 9.28. The number of hydrogen-bond acceptors (Lipinski definition) is 3. The van der Waals surface area contributed by atoms with Gasteiger partial charge in [-0.05, 0) is 36.6 Å². The summed E-state index contributed by atoms with van der Waals surface area (Å²) in [6, 6.07) is 7.17. The van der Waals surface area contributed by atoms with Crippen LogP contribution in [0.25, 0.3) is 0 Å². The molecule has 0 bridgehead atoms. The lowest BCUT2D eigenvalue weighted by Gasteiger charge is -2.22. The van der Waals surface area contributed by atoms with E-state index >= 15 is 0 Å². The van der Waals surface area contributed by atoms with Crippen LogP contribution in [0.15, 0.2) is 24.3 Å². The maximum Gasteiger partial charge on any atom is 0.318 e. The third-order valence-corrected chi connectivity index (χ3v) is 5.26. The highest BCUT2D eigenvalue weighted by Gasteiger charge is 2.32. The molecule has 23 heavy (non-hydrogen) atoms. The van der Waals surface area contributed by atoms with Crippen molar-refractivity contribution in [3.8, 4) is 0 Å². The lowest BCUT2D eigenvalue weighted by molar-refractivity contribution is -0.121. The highest BCUT2D eigenvalue weighted by molar-refractivity contribution is 7.98. The maximum absolute atomic E-state index is 12.0. The summed E-state index contributed by atoms with van der Waals surface area (Å²) in [5, 5.41) is 3.65. The monoisotopic (exact) mass is 355 g/mol. The molecule has 0 aromatic heterocycles. The van der Waals surface area contributed by atoms with Gasteiger partial charge in [0.2, 0.25) is 5.91 Å². The molecule has 7 heteroatoms. The van der Waals surface area contributed by atoms with E-state index in [0.29, 0.717) is 19.5 Å². The van der Waals surface area contributed by atoms with Crippen molar-refractivity contribution in [1.29, 1.82) is 0 Å². The number of thioether (sulfide) groups is 1. The summed E-state index contributed by atoms with van der Waals surface area (Å²) < 4.78 is 0. The first-order valence-electron chi connectivity index (χ1n) is 7.74. The van der Waals surface area contributed by atoms with Crippen molar-refractivity contribution in [2.24, 2.45) is 5.73 Å². The molecule has 3 amide bonds. The van der Waals surface area contributed by atoms with Gasteiger partial charge in [0, 0.05) is 23.9 Å². The van der Waals surface area contributed by atoms with Gasteiger partial charge in [0.15, 0.2) is 0 Å². The summed E-state index contributed by atoms with van der Waals surface area (Å²) in [7, 11) is 0. The van der Waals surface area contributed by atoms with Crippen molar-refractivity contribution >= 4 is 35.3 Å². The van der Waals surface area contributed by atoms with Gasteiger partial charge in [-0.3, -0.25) is 4.79 Å². The molecule has 1 saturated heterocycles. The van der Waals surface area contributed by atoms with E-state index < -0.39 is 11.9 Å². The van der Waals surface area contributed by atoms with Crippen LogP contribution in [0.3, 0.4) is 0 Å². The Morgan fingerprint density at radius 1 is 1.39 bits per heavy atom. The molecular formula is C16H22ClN3O2S. The highest BCUT2D eigenvalue weighted by atomic mass is 35.5. The number of rotatable bonds is 7. The number of benzene rings is 1. The number of likely N-dealkylation sites (tertiary alicyclic amines) is 1. The molecular weight excluding hydrogens is 334 g/mol. The predicted molar refractivity (Wildman–Crippen MR) is 94.6 cm³/mol. The lowest BCUT2D eigenvalue weighted by Crippen LogP contribution is -2.48. The van der Waals surface area contributed by atoms with Crippen molar-refractivity contribution in [2.75, 3.05) is 18.8 Å². The molecule has 1 aliphatic rings. The SMILES string of the molecule is NC(=O)[C@@H]1CCCN1C(=O)NCCCSCc1ccccc1Cl. The molecule has 126 valence electrons. The Morgan fingerprint density at radius 2 is 2.17 bits per heavy atom. The number of carbonyl (C=O) groups is 2. The number of carbonyl (C=O) groups excluding carboxylic acids is 2. The molecule has 1 aromatic carbocycles. The molecule has 1 heterocycles. The molecule has 1 aliphatic heterocycles. The topological polar surface area (TPSA) is 75.4 Å². The van der Waals surface area contributed by atoms with E-state index in [9.17, 15) is 9.59 Å². The van der Waals surface area contributed by atoms with Crippen LogP contribution in [0.5, 0.6) is 0 Å². The quantitative estimate of drug-likeness (QED) is 0.738. The second-order valence-electron chi connectivity index (χ2n) is 5.48. The number of nitrogens with two attached hydrogens (primary N) is 1. The number of urea groups is 1. The van der Waals surface area contributed by atoms with Crippen molar-refractivity contribution in [3.63, 3.8) is 0 Å². The van der Waals surface area contributed by atoms with Gasteiger partial charge in [0.25, 0.3) is 0 Å². The molecule has 3 N–H and O–H groups in total. The van der Waals surface area contributed by atoms with Gasteiger partial charge >= 0.3 is 6.03 Å². The van der Waals surface area contributed by atoms with Crippen LogP contribution in [0.1, 0.15) is 24.8 Å².